The van der Waals surface area contributed by atoms with E-state index in [2.05, 4.69) is 5.32 Å². The molecule has 3 atom stereocenters. The second kappa shape index (κ2) is 10.8. The number of nitrogens with zero attached hydrogens (tertiary/aromatic N) is 1. The van der Waals surface area contributed by atoms with Gasteiger partial charge in [0.15, 0.2) is 17.3 Å². The van der Waals surface area contributed by atoms with Gasteiger partial charge in [0.1, 0.15) is 25.1 Å². The number of likely N-dealkylation sites (tertiary alicyclic amines) is 1. The summed E-state index contributed by atoms with van der Waals surface area (Å²) in [6.07, 6.45) is -2.30. The van der Waals surface area contributed by atoms with Gasteiger partial charge in [0.2, 0.25) is 6.17 Å². The van der Waals surface area contributed by atoms with Crippen molar-refractivity contribution in [1.82, 2.24) is 10.2 Å². The molecule has 0 aliphatic carbocycles. The Balaban J connectivity index is 1.31. The third-order valence-corrected chi connectivity index (χ3v) is 6.68. The Labute approximate surface area is 212 Å². The normalized spacial score (nSPS) is 17.4. The summed E-state index contributed by atoms with van der Waals surface area (Å²) < 4.78 is 53.7. The number of amides is 1. The Morgan fingerprint density at radius 3 is 2.24 bits per heavy atom. The molecule has 0 aromatic heterocycles. The van der Waals surface area contributed by atoms with Crippen LogP contribution in [0.15, 0.2) is 60.7 Å². The van der Waals surface area contributed by atoms with Crippen molar-refractivity contribution in [3.8, 4) is 22.6 Å². The molecule has 0 bridgehead atoms. The maximum atomic E-state index is 15.2. The van der Waals surface area contributed by atoms with Gasteiger partial charge in [-0.3, -0.25) is 4.79 Å². The zero-order valence-electron chi connectivity index (χ0n) is 20.0. The molecule has 3 aromatic rings. The molecular formula is C28H27F3N2O4. The maximum Gasteiger partial charge on any atom is 0.259 e. The lowest BCUT2D eigenvalue weighted by molar-refractivity contribution is -0.128. The van der Waals surface area contributed by atoms with Crippen molar-refractivity contribution in [3.63, 3.8) is 0 Å². The summed E-state index contributed by atoms with van der Waals surface area (Å²) in [4.78, 5) is 14.9. The van der Waals surface area contributed by atoms with Crippen molar-refractivity contribution in [2.24, 2.45) is 0 Å². The van der Waals surface area contributed by atoms with Crippen molar-refractivity contribution in [2.75, 3.05) is 32.8 Å². The fourth-order valence-electron chi connectivity index (χ4n) is 4.49. The Hall–Kier alpha value is -3.56. The molecule has 2 heterocycles. The lowest BCUT2D eigenvalue weighted by Gasteiger charge is -2.36. The SMILES string of the molecule is O=C(NC(CN1CCC1)C(O)c1cc(F)c2c(c1)OCCO2)C(F)c1ccc(-c2ccc(F)cc2)cc1. The molecule has 9 heteroatoms. The van der Waals surface area contributed by atoms with E-state index >= 15 is 4.39 Å². The number of carbonyl (C=O) groups excluding carboxylic acids is 1. The molecule has 2 aliphatic heterocycles. The van der Waals surface area contributed by atoms with E-state index < -0.39 is 30.0 Å². The van der Waals surface area contributed by atoms with Gasteiger partial charge in [0.05, 0.1) is 6.04 Å². The van der Waals surface area contributed by atoms with Crippen molar-refractivity contribution in [1.29, 1.82) is 0 Å². The van der Waals surface area contributed by atoms with Crippen LogP contribution in [0, 0.1) is 11.6 Å². The van der Waals surface area contributed by atoms with Gasteiger partial charge < -0.3 is 24.8 Å². The number of hydrogen-bond acceptors (Lipinski definition) is 5. The molecule has 6 nitrogen and oxygen atoms in total. The minimum absolute atomic E-state index is 0.0153. The van der Waals surface area contributed by atoms with E-state index in [0.717, 1.165) is 36.7 Å². The number of aliphatic hydroxyl groups excluding tert-OH is 1. The maximum absolute atomic E-state index is 15.2. The molecule has 2 aliphatic rings. The second-order valence-corrected chi connectivity index (χ2v) is 9.23. The fraction of sp³-hybridized carbons (Fsp3) is 0.321. The van der Waals surface area contributed by atoms with Gasteiger partial charge >= 0.3 is 0 Å². The smallest absolute Gasteiger partial charge is 0.259 e. The highest BCUT2D eigenvalue weighted by molar-refractivity contribution is 5.82. The van der Waals surface area contributed by atoms with Gasteiger partial charge in [-0.15, -0.1) is 0 Å². The van der Waals surface area contributed by atoms with Gasteiger partial charge in [-0.05, 0) is 66.0 Å². The van der Waals surface area contributed by atoms with Crippen LogP contribution in [0.25, 0.3) is 11.1 Å². The van der Waals surface area contributed by atoms with Crippen LogP contribution in [0.3, 0.4) is 0 Å². The highest BCUT2D eigenvalue weighted by Crippen LogP contribution is 2.36. The number of ether oxygens (including phenoxy) is 2. The number of alkyl halides is 1. The van der Waals surface area contributed by atoms with E-state index in [1.807, 2.05) is 4.90 Å². The van der Waals surface area contributed by atoms with Gasteiger partial charge in [-0.1, -0.05) is 36.4 Å². The van der Waals surface area contributed by atoms with E-state index in [9.17, 15) is 18.7 Å². The minimum Gasteiger partial charge on any atom is -0.486 e. The van der Waals surface area contributed by atoms with E-state index in [1.165, 1.54) is 30.3 Å². The standard InChI is InChI=1S/C28H27F3N2O4/c29-21-8-6-18(7-9-21)17-2-4-19(5-3-17)25(31)28(35)32-23(16-33-10-1-11-33)26(34)20-14-22(30)27-24(15-20)36-12-13-37-27/h2-9,14-15,23,25-26,34H,1,10-13,16H2,(H,32,35). The molecule has 1 amide bonds. The molecule has 0 radical (unpaired) electrons. The highest BCUT2D eigenvalue weighted by atomic mass is 19.1. The Kier molecular flexibility index (Phi) is 7.34. The quantitative estimate of drug-likeness (QED) is 0.470. The van der Waals surface area contributed by atoms with E-state index in [4.69, 9.17) is 9.47 Å². The minimum atomic E-state index is -1.98. The lowest BCUT2D eigenvalue weighted by atomic mass is 9.98. The molecule has 3 unspecified atom stereocenters. The first-order chi connectivity index (χ1) is 17.9. The third kappa shape index (κ3) is 5.57. The summed E-state index contributed by atoms with van der Waals surface area (Å²) in [5, 5.41) is 13.7. The number of aliphatic hydroxyl groups is 1. The number of carbonyl (C=O) groups is 1. The molecule has 2 N–H and O–H groups in total. The van der Waals surface area contributed by atoms with Crippen LogP contribution in [-0.4, -0.2) is 54.8 Å². The molecule has 5 rings (SSSR count). The number of nitrogens with one attached hydrogen (secondary N) is 1. The van der Waals surface area contributed by atoms with E-state index in [1.54, 1.807) is 24.3 Å². The average molecular weight is 513 g/mol. The van der Waals surface area contributed by atoms with Crippen molar-refractivity contribution in [2.45, 2.75) is 24.7 Å². The van der Waals surface area contributed by atoms with E-state index in [0.29, 0.717) is 0 Å². The van der Waals surface area contributed by atoms with Crippen LogP contribution in [-0.2, 0) is 4.79 Å². The topological polar surface area (TPSA) is 71.0 Å². The molecule has 194 valence electrons. The summed E-state index contributed by atoms with van der Waals surface area (Å²) in [6, 6.07) is 14.0. The number of rotatable bonds is 8. The Morgan fingerprint density at radius 1 is 0.946 bits per heavy atom. The van der Waals surface area contributed by atoms with Gasteiger partial charge in [-0.25, -0.2) is 13.2 Å². The molecule has 1 saturated heterocycles. The predicted octanol–water partition coefficient (Wildman–Crippen LogP) is 4.34. The van der Waals surface area contributed by atoms with Crippen LogP contribution in [0.4, 0.5) is 13.2 Å². The number of hydrogen-bond donors (Lipinski definition) is 2. The number of fused-ring (bicyclic) bond motifs is 1. The monoisotopic (exact) mass is 512 g/mol. The lowest BCUT2D eigenvalue weighted by Crippen LogP contribution is -2.51. The second-order valence-electron chi connectivity index (χ2n) is 9.23. The predicted molar refractivity (Wildman–Crippen MR) is 131 cm³/mol. The summed E-state index contributed by atoms with van der Waals surface area (Å²) in [5.41, 5.74) is 1.86. The van der Waals surface area contributed by atoms with Gasteiger partial charge in [0.25, 0.3) is 5.91 Å². The molecular weight excluding hydrogens is 485 g/mol. The van der Waals surface area contributed by atoms with Crippen LogP contribution < -0.4 is 14.8 Å². The summed E-state index contributed by atoms with van der Waals surface area (Å²) in [7, 11) is 0. The van der Waals surface area contributed by atoms with Crippen molar-refractivity contribution in [3.05, 3.63) is 83.4 Å². The van der Waals surface area contributed by atoms with Crippen LogP contribution >= 0.6 is 0 Å². The zero-order chi connectivity index (χ0) is 25.9. The first-order valence-corrected chi connectivity index (χ1v) is 12.2. The Morgan fingerprint density at radius 2 is 1.59 bits per heavy atom. The fourth-order valence-corrected chi connectivity index (χ4v) is 4.49. The number of benzene rings is 3. The van der Waals surface area contributed by atoms with Crippen LogP contribution in [0.1, 0.15) is 29.8 Å². The molecule has 37 heavy (non-hydrogen) atoms. The van der Waals surface area contributed by atoms with Crippen molar-refractivity contribution < 1.29 is 32.5 Å². The first kappa shape index (κ1) is 25.1. The van der Waals surface area contributed by atoms with Crippen molar-refractivity contribution >= 4 is 5.91 Å². The zero-order valence-corrected chi connectivity index (χ0v) is 20.0. The molecule has 3 aromatic carbocycles. The molecule has 0 spiro atoms. The number of halogens is 3. The molecule has 0 saturated carbocycles. The first-order valence-electron chi connectivity index (χ1n) is 12.2. The van der Waals surface area contributed by atoms with Gasteiger partial charge in [0, 0.05) is 6.54 Å². The summed E-state index contributed by atoms with van der Waals surface area (Å²) in [6.45, 7) is 2.34. The molecule has 1 fully saturated rings. The van der Waals surface area contributed by atoms with Crippen LogP contribution in [0.2, 0.25) is 0 Å². The third-order valence-electron chi connectivity index (χ3n) is 6.68. The Bertz CT molecular complexity index is 1250. The summed E-state index contributed by atoms with van der Waals surface area (Å²) in [5.74, 6) is -1.77. The highest BCUT2D eigenvalue weighted by Gasteiger charge is 2.32. The summed E-state index contributed by atoms with van der Waals surface area (Å²) >= 11 is 0. The largest absolute Gasteiger partial charge is 0.486 e. The van der Waals surface area contributed by atoms with Gasteiger partial charge in [-0.2, -0.15) is 0 Å². The van der Waals surface area contributed by atoms with Crippen LogP contribution in [0.5, 0.6) is 11.5 Å². The van der Waals surface area contributed by atoms with E-state index in [-0.39, 0.29) is 48.2 Å². The average Bonchev–Trinajstić information content (AvgIpc) is 2.89.